The first-order valence-electron chi connectivity index (χ1n) is 25.7. The molecule has 2 saturated carbocycles. The van der Waals surface area contributed by atoms with E-state index < -0.39 is 24.0 Å². The van der Waals surface area contributed by atoms with Crippen LogP contribution in [0.1, 0.15) is 130 Å². The lowest BCUT2D eigenvalue weighted by molar-refractivity contribution is -0.258. The smallest absolute Gasteiger partial charge is 0.239 e. The highest BCUT2D eigenvalue weighted by Gasteiger charge is 2.65. The van der Waals surface area contributed by atoms with E-state index in [1.807, 2.05) is 41.3 Å². The zero-order chi connectivity index (χ0) is 48.5. The number of fused-ring (bicyclic) bond motifs is 3. The summed E-state index contributed by atoms with van der Waals surface area (Å²) < 4.78 is 44.5. The fourth-order valence-electron chi connectivity index (χ4n) is 12.0. The van der Waals surface area contributed by atoms with E-state index in [-0.39, 0.29) is 63.2 Å². The topological polar surface area (TPSA) is 164 Å². The normalized spacial score (nSPS) is 26.1. The van der Waals surface area contributed by atoms with Crippen LogP contribution in [0.2, 0.25) is 0 Å². The van der Waals surface area contributed by atoms with Crippen LogP contribution in [-0.4, -0.2) is 91.5 Å². The summed E-state index contributed by atoms with van der Waals surface area (Å²) in [4.78, 5) is 35.8. The first kappa shape index (κ1) is 49.6. The molecule has 0 bridgehead atoms. The summed E-state index contributed by atoms with van der Waals surface area (Å²) in [5.74, 6) is 1.69. The van der Waals surface area contributed by atoms with Gasteiger partial charge in [0.2, 0.25) is 24.8 Å². The second-order valence-corrected chi connectivity index (χ2v) is 19.7. The number of carbonyl (C=O) groups is 2. The lowest BCUT2D eigenvalue weighted by Gasteiger charge is -2.60. The molecule has 0 spiro atoms. The molecule has 14 heteroatoms. The summed E-state index contributed by atoms with van der Waals surface area (Å²) in [6.07, 6.45) is 17.5. The Morgan fingerprint density at radius 1 is 0.900 bits per heavy atom. The van der Waals surface area contributed by atoms with Gasteiger partial charge in [0.15, 0.2) is 17.8 Å². The third-order valence-corrected chi connectivity index (χ3v) is 15.4. The van der Waals surface area contributed by atoms with E-state index in [0.29, 0.717) is 84.0 Å². The molecule has 6 aliphatic rings. The number of rotatable bonds is 23. The fourth-order valence-corrected chi connectivity index (χ4v) is 12.0. The third kappa shape index (κ3) is 10.8. The van der Waals surface area contributed by atoms with Gasteiger partial charge in [0.1, 0.15) is 29.0 Å². The van der Waals surface area contributed by atoms with Gasteiger partial charge in [-0.05, 0) is 122 Å². The molecule has 3 aromatic carbocycles. The predicted molar refractivity (Wildman–Crippen MR) is 262 cm³/mol. The van der Waals surface area contributed by atoms with E-state index in [9.17, 15) is 15.0 Å². The van der Waals surface area contributed by atoms with Crippen molar-refractivity contribution >= 4 is 17.9 Å². The number of ether oxygens (including phenoxy) is 7. The minimum absolute atomic E-state index is 0.000483. The van der Waals surface area contributed by atoms with Crippen molar-refractivity contribution in [2.75, 3.05) is 40.3 Å². The molecule has 70 heavy (non-hydrogen) atoms. The molecule has 376 valence electrons. The molecule has 7 atom stereocenters. The Hall–Kier alpha value is -5.41. The van der Waals surface area contributed by atoms with Gasteiger partial charge in [-0.2, -0.15) is 0 Å². The predicted octanol–water partition coefficient (Wildman–Crippen LogP) is 10.2. The number of carbonyl (C=O) groups excluding carboxylic acids is 2. The van der Waals surface area contributed by atoms with Crippen molar-refractivity contribution in [2.24, 2.45) is 28.8 Å². The largest absolute Gasteiger partial charge is 0.496 e. The standard InChI is InChI=1S/C56H70N2O12/c1-3-27-67-56-51(58(52(62)24-18-37-12-4-5-13-37)34-38-17-21-49-50(29-38)66-36-65-49)33-46(57-70-53-16-8-11-28-64-53)44-31-39(14-6-9-25-59)43(15-7-10-26-60)54(55(44)56)45-32-42(20-23-48(45)69-56)68-41-19-22-47(63-2)40(30-41)35-61/h3,17,19-23,29-32,35,37,39,43,51,53-55,59-60H,1,4-16,18,24-28,33-34,36H2,2H3. The van der Waals surface area contributed by atoms with E-state index in [1.165, 1.54) is 20.0 Å². The van der Waals surface area contributed by atoms with Gasteiger partial charge in [-0.3, -0.25) is 9.59 Å². The van der Waals surface area contributed by atoms with Crippen molar-refractivity contribution in [3.8, 4) is 34.5 Å². The van der Waals surface area contributed by atoms with Crippen LogP contribution in [0.4, 0.5) is 0 Å². The van der Waals surface area contributed by atoms with Crippen LogP contribution in [0.3, 0.4) is 0 Å². The first-order valence-corrected chi connectivity index (χ1v) is 25.7. The highest BCUT2D eigenvalue weighted by Crippen LogP contribution is 2.62. The van der Waals surface area contributed by atoms with Crippen LogP contribution < -0.4 is 23.7 Å². The summed E-state index contributed by atoms with van der Waals surface area (Å²) in [5.41, 5.74) is 3.82. The van der Waals surface area contributed by atoms with Crippen molar-refractivity contribution in [2.45, 2.75) is 133 Å². The number of oxime groups is 1. The molecule has 3 aromatic rings. The monoisotopic (exact) mass is 962 g/mol. The molecule has 3 fully saturated rings. The molecule has 3 heterocycles. The minimum Gasteiger partial charge on any atom is -0.496 e. The average Bonchev–Trinajstić information content (AvgIpc) is 4.10. The molecule has 14 nitrogen and oxygen atoms in total. The number of allylic oxidation sites excluding steroid dienone is 1. The summed E-state index contributed by atoms with van der Waals surface area (Å²) in [6, 6.07) is 16.1. The van der Waals surface area contributed by atoms with Crippen LogP contribution in [0.5, 0.6) is 34.5 Å². The fraction of sp³-hybridized carbons (Fsp3) is 0.554. The third-order valence-electron chi connectivity index (χ3n) is 15.4. The Morgan fingerprint density at radius 2 is 1.67 bits per heavy atom. The highest BCUT2D eigenvalue weighted by molar-refractivity contribution is 6.03. The van der Waals surface area contributed by atoms with Gasteiger partial charge in [0.25, 0.3) is 0 Å². The Balaban J connectivity index is 1.22. The van der Waals surface area contributed by atoms with Crippen molar-refractivity contribution in [1.29, 1.82) is 0 Å². The van der Waals surface area contributed by atoms with Crippen molar-refractivity contribution in [3.63, 3.8) is 0 Å². The van der Waals surface area contributed by atoms with Gasteiger partial charge < -0.3 is 53.1 Å². The van der Waals surface area contributed by atoms with Crippen LogP contribution in [0.25, 0.3) is 0 Å². The number of nitrogens with zero attached hydrogens (tertiary/aromatic N) is 2. The summed E-state index contributed by atoms with van der Waals surface area (Å²) in [5, 5.41) is 25.2. The lowest BCUT2D eigenvalue weighted by Crippen LogP contribution is -2.70. The van der Waals surface area contributed by atoms with Crippen molar-refractivity contribution in [1.82, 2.24) is 4.90 Å². The summed E-state index contributed by atoms with van der Waals surface area (Å²) in [6.45, 7) is 5.39. The Labute approximate surface area is 411 Å². The van der Waals surface area contributed by atoms with Crippen LogP contribution >= 0.6 is 0 Å². The van der Waals surface area contributed by atoms with E-state index in [4.69, 9.17) is 43.2 Å². The molecule has 9 rings (SSSR count). The van der Waals surface area contributed by atoms with Gasteiger partial charge in [0, 0.05) is 50.5 Å². The van der Waals surface area contributed by atoms with Gasteiger partial charge in [-0.25, -0.2) is 0 Å². The number of aldehydes is 1. The maximum Gasteiger partial charge on any atom is 0.239 e. The van der Waals surface area contributed by atoms with Crippen LogP contribution in [-0.2, 0) is 25.7 Å². The Morgan fingerprint density at radius 3 is 2.44 bits per heavy atom. The molecule has 2 N–H and O–H groups in total. The number of hydrogen-bond acceptors (Lipinski definition) is 13. The molecule has 0 radical (unpaired) electrons. The molecular weight excluding hydrogens is 893 g/mol. The first-order chi connectivity index (χ1) is 34.4. The lowest BCUT2D eigenvalue weighted by atomic mass is 9.55. The van der Waals surface area contributed by atoms with Gasteiger partial charge in [0.05, 0.1) is 37.5 Å². The summed E-state index contributed by atoms with van der Waals surface area (Å²) >= 11 is 0. The maximum atomic E-state index is 15.4. The second-order valence-electron chi connectivity index (χ2n) is 19.7. The highest BCUT2D eigenvalue weighted by atomic mass is 16.8. The van der Waals surface area contributed by atoms with E-state index in [2.05, 4.69) is 12.7 Å². The van der Waals surface area contributed by atoms with Gasteiger partial charge >= 0.3 is 0 Å². The molecule has 0 aromatic heterocycles. The zero-order valence-corrected chi connectivity index (χ0v) is 40.6. The number of methoxy groups -OCH3 is 1. The maximum absolute atomic E-state index is 15.4. The Bertz CT molecular complexity index is 2360. The molecule has 3 aliphatic carbocycles. The molecule has 3 aliphatic heterocycles. The SMILES string of the molecule is C=CCOC12Oc3ccc(Oc4ccc(OC)c(C=O)c4)cc3C3C(CCCCO)C(CCCCO)C=C(C(=NOC4CCCCO4)CC1N(Cc1ccc4c(c1)OCO4)C(=O)CCC1CCCC1)C32. The molecule has 1 amide bonds. The van der Waals surface area contributed by atoms with E-state index in [0.717, 1.165) is 80.8 Å². The number of unbranched alkanes of at least 4 members (excludes halogenated alkanes) is 2. The van der Waals surface area contributed by atoms with Crippen molar-refractivity contribution < 1.29 is 57.8 Å². The van der Waals surface area contributed by atoms with Gasteiger partial charge in [-0.15, -0.1) is 6.58 Å². The minimum atomic E-state index is -1.44. The van der Waals surface area contributed by atoms with Crippen molar-refractivity contribution in [3.05, 3.63) is 95.6 Å². The number of aliphatic hydroxyl groups is 2. The second kappa shape index (κ2) is 23.2. The van der Waals surface area contributed by atoms with Crippen LogP contribution in [0, 0.1) is 23.7 Å². The molecule has 1 saturated heterocycles. The van der Waals surface area contributed by atoms with Crippen LogP contribution in [0.15, 0.2) is 84.1 Å². The van der Waals surface area contributed by atoms with E-state index >= 15 is 4.79 Å². The quantitative estimate of drug-likeness (QED) is 0.0401. The average molecular weight is 963 g/mol. The number of amides is 1. The number of hydrogen-bond donors (Lipinski definition) is 2. The molecule has 7 unspecified atom stereocenters. The number of benzene rings is 3. The van der Waals surface area contributed by atoms with Gasteiger partial charge in [-0.1, -0.05) is 61.9 Å². The van der Waals surface area contributed by atoms with E-state index in [1.54, 1.807) is 24.3 Å². The summed E-state index contributed by atoms with van der Waals surface area (Å²) in [7, 11) is 1.52. The molecular formula is C56H70N2O12. The Kier molecular flexibility index (Phi) is 16.4. The zero-order valence-electron chi connectivity index (χ0n) is 40.6. The number of aliphatic hydroxyl groups excluding tert-OH is 2.